The zero-order valence-electron chi connectivity index (χ0n) is 15.3. The Kier molecular flexibility index (Phi) is 5.08. The van der Waals surface area contributed by atoms with Crippen LogP contribution in [0.2, 0.25) is 0 Å². The van der Waals surface area contributed by atoms with Crippen molar-refractivity contribution in [2.75, 3.05) is 26.8 Å². The molecule has 0 aromatic carbocycles. The summed E-state index contributed by atoms with van der Waals surface area (Å²) in [6, 6.07) is 0.435. The number of carbonyl (C=O) groups is 1. The number of imidazole rings is 1. The number of aromatic nitrogens is 2. The molecule has 1 aromatic rings. The Morgan fingerprint density at radius 3 is 2.92 bits per heavy atom. The number of fused-ring (bicyclic) bond motifs is 1. The molecule has 2 fully saturated rings. The van der Waals surface area contributed by atoms with E-state index in [-0.39, 0.29) is 11.9 Å². The molecule has 6 heteroatoms. The fourth-order valence-corrected chi connectivity index (χ4v) is 4.63. The molecule has 1 amide bonds. The number of morpholine rings is 1. The van der Waals surface area contributed by atoms with E-state index in [0.717, 1.165) is 31.8 Å². The van der Waals surface area contributed by atoms with Crippen LogP contribution < -0.4 is 0 Å². The second-order valence-electron chi connectivity index (χ2n) is 7.76. The number of aryl methyl sites for hydroxylation is 2. The molecule has 4 rings (SSSR count). The Labute approximate surface area is 150 Å². The zero-order valence-corrected chi connectivity index (χ0v) is 15.3. The average molecular weight is 346 g/mol. The van der Waals surface area contributed by atoms with Gasteiger partial charge in [0.1, 0.15) is 11.9 Å². The lowest BCUT2D eigenvalue weighted by Crippen LogP contribution is -2.56. The van der Waals surface area contributed by atoms with Crippen LogP contribution >= 0.6 is 0 Å². The number of carbonyl (C=O) groups excluding carboxylic acids is 1. The highest BCUT2D eigenvalue weighted by Gasteiger charge is 2.36. The van der Waals surface area contributed by atoms with Crippen molar-refractivity contribution in [1.82, 2.24) is 19.4 Å². The molecular formula is C19H30N4O2. The molecule has 0 unspecified atom stereocenters. The summed E-state index contributed by atoms with van der Waals surface area (Å²) in [5.41, 5.74) is 1.01. The molecule has 3 heterocycles. The Balaban J connectivity index is 1.42. The molecule has 6 nitrogen and oxygen atoms in total. The summed E-state index contributed by atoms with van der Waals surface area (Å²) in [7, 11) is 1.90. The minimum atomic E-state index is -0.126. The van der Waals surface area contributed by atoms with E-state index in [1.807, 2.05) is 11.9 Å². The minimum absolute atomic E-state index is 0.126. The zero-order chi connectivity index (χ0) is 17.2. The number of hydrogen-bond donors (Lipinski definition) is 0. The van der Waals surface area contributed by atoms with Gasteiger partial charge in [0.2, 0.25) is 5.91 Å². The highest BCUT2D eigenvalue weighted by molar-refractivity contribution is 5.82. The average Bonchev–Trinajstić information content (AvgIpc) is 3.30. The first kappa shape index (κ1) is 17.0. The molecule has 2 aliphatic heterocycles. The fraction of sp³-hybridized carbons (Fsp3) is 0.789. The normalized spacial score (nSPS) is 25.1. The molecule has 138 valence electrons. The van der Waals surface area contributed by atoms with Crippen LogP contribution in [-0.2, 0) is 29.0 Å². The summed E-state index contributed by atoms with van der Waals surface area (Å²) < 4.78 is 7.91. The summed E-state index contributed by atoms with van der Waals surface area (Å²) in [6.07, 6.45) is 10.7. The number of rotatable bonds is 4. The molecule has 25 heavy (non-hydrogen) atoms. The third-order valence-corrected chi connectivity index (χ3v) is 5.98. The van der Waals surface area contributed by atoms with Crippen LogP contribution in [0.15, 0.2) is 6.20 Å². The topological polar surface area (TPSA) is 50.6 Å². The van der Waals surface area contributed by atoms with Gasteiger partial charge in [0.05, 0.1) is 25.5 Å². The minimum Gasteiger partial charge on any atom is -0.378 e. The Hall–Kier alpha value is -1.40. The highest BCUT2D eigenvalue weighted by Crippen LogP contribution is 2.27. The van der Waals surface area contributed by atoms with Crippen LogP contribution in [0.1, 0.15) is 50.0 Å². The molecule has 0 N–H and O–H groups in total. The van der Waals surface area contributed by atoms with Crippen LogP contribution in [0.5, 0.6) is 0 Å². The van der Waals surface area contributed by atoms with Crippen LogP contribution in [0.4, 0.5) is 0 Å². The van der Waals surface area contributed by atoms with Gasteiger partial charge in [0, 0.05) is 38.8 Å². The van der Waals surface area contributed by atoms with Crippen molar-refractivity contribution >= 4 is 5.91 Å². The first-order valence-corrected chi connectivity index (χ1v) is 9.86. The molecule has 1 aromatic heterocycles. The Bertz CT molecular complexity index is 585. The van der Waals surface area contributed by atoms with Gasteiger partial charge in [-0.15, -0.1) is 0 Å². The van der Waals surface area contributed by atoms with Crippen molar-refractivity contribution in [3.63, 3.8) is 0 Å². The summed E-state index contributed by atoms with van der Waals surface area (Å²) in [5, 5.41) is 0. The largest absolute Gasteiger partial charge is 0.378 e. The Morgan fingerprint density at radius 2 is 2.12 bits per heavy atom. The van der Waals surface area contributed by atoms with Crippen molar-refractivity contribution in [3.05, 3.63) is 17.7 Å². The van der Waals surface area contributed by atoms with Gasteiger partial charge in [-0.25, -0.2) is 4.98 Å². The molecule has 1 atom stereocenters. The molecular weight excluding hydrogens is 316 g/mol. The van der Waals surface area contributed by atoms with E-state index in [0.29, 0.717) is 19.2 Å². The van der Waals surface area contributed by atoms with Crippen LogP contribution in [0, 0.1) is 0 Å². The Morgan fingerprint density at radius 1 is 1.28 bits per heavy atom. The van der Waals surface area contributed by atoms with Crippen LogP contribution in [0.25, 0.3) is 0 Å². The lowest BCUT2D eigenvalue weighted by atomic mass is 10.1. The van der Waals surface area contributed by atoms with Gasteiger partial charge in [0.25, 0.3) is 0 Å². The van der Waals surface area contributed by atoms with Crippen LogP contribution in [0.3, 0.4) is 0 Å². The second-order valence-corrected chi connectivity index (χ2v) is 7.76. The molecule has 1 aliphatic carbocycles. The summed E-state index contributed by atoms with van der Waals surface area (Å²) in [4.78, 5) is 22.1. The molecule has 0 radical (unpaired) electrons. The van der Waals surface area contributed by atoms with Gasteiger partial charge < -0.3 is 14.2 Å². The van der Waals surface area contributed by atoms with E-state index in [1.165, 1.54) is 44.3 Å². The lowest BCUT2D eigenvalue weighted by molar-refractivity contribution is -0.144. The first-order chi connectivity index (χ1) is 12.2. The first-order valence-electron chi connectivity index (χ1n) is 9.86. The predicted molar refractivity (Wildman–Crippen MR) is 95.2 cm³/mol. The molecule has 1 saturated carbocycles. The summed E-state index contributed by atoms with van der Waals surface area (Å²) in [5.74, 6) is 1.35. The van der Waals surface area contributed by atoms with Gasteiger partial charge in [0.15, 0.2) is 0 Å². The van der Waals surface area contributed by atoms with E-state index in [2.05, 4.69) is 15.7 Å². The maximum Gasteiger partial charge on any atom is 0.242 e. The smallest absolute Gasteiger partial charge is 0.242 e. The maximum atomic E-state index is 13.1. The molecule has 0 bridgehead atoms. The molecule has 0 spiro atoms. The summed E-state index contributed by atoms with van der Waals surface area (Å²) >= 11 is 0. The third-order valence-electron chi connectivity index (χ3n) is 5.98. The number of hydrogen-bond acceptors (Lipinski definition) is 4. The number of likely N-dealkylation sites (N-methyl/N-ethyl adjacent to an activating group) is 1. The standard InChI is InChI=1S/C19H30N4O2/c1-21(12-15-13-22-9-5-4-8-18(22)20-15)19(24)17-14-25-11-10-23(17)16-6-2-3-7-16/h13,16-17H,2-12,14H2,1H3/t17-/m1/s1. The highest BCUT2D eigenvalue weighted by atomic mass is 16.5. The fourth-order valence-electron chi connectivity index (χ4n) is 4.63. The predicted octanol–water partition coefficient (Wildman–Crippen LogP) is 1.82. The lowest BCUT2D eigenvalue weighted by Gasteiger charge is -2.40. The summed E-state index contributed by atoms with van der Waals surface area (Å²) in [6.45, 7) is 3.81. The van der Waals surface area contributed by atoms with Crippen molar-refractivity contribution in [2.24, 2.45) is 0 Å². The van der Waals surface area contributed by atoms with E-state index in [4.69, 9.17) is 9.72 Å². The number of nitrogens with zero attached hydrogens (tertiary/aromatic N) is 4. The van der Waals surface area contributed by atoms with Crippen molar-refractivity contribution < 1.29 is 9.53 Å². The van der Waals surface area contributed by atoms with Crippen LogP contribution in [-0.4, -0.2) is 64.1 Å². The van der Waals surface area contributed by atoms with Gasteiger partial charge in [-0.2, -0.15) is 0 Å². The van der Waals surface area contributed by atoms with Crippen molar-refractivity contribution in [3.8, 4) is 0 Å². The van der Waals surface area contributed by atoms with E-state index in [9.17, 15) is 4.79 Å². The van der Waals surface area contributed by atoms with Crippen molar-refractivity contribution in [2.45, 2.75) is 70.1 Å². The maximum absolute atomic E-state index is 13.1. The third kappa shape index (κ3) is 3.60. The van der Waals surface area contributed by atoms with E-state index in [1.54, 1.807) is 0 Å². The molecule has 3 aliphatic rings. The quantitative estimate of drug-likeness (QED) is 0.834. The van der Waals surface area contributed by atoms with E-state index < -0.39 is 0 Å². The second kappa shape index (κ2) is 7.46. The van der Waals surface area contributed by atoms with Gasteiger partial charge in [-0.05, 0) is 25.7 Å². The van der Waals surface area contributed by atoms with Crippen molar-refractivity contribution in [1.29, 1.82) is 0 Å². The number of ether oxygens (including phenoxy) is 1. The van der Waals surface area contributed by atoms with Gasteiger partial charge in [-0.1, -0.05) is 12.8 Å². The van der Waals surface area contributed by atoms with Gasteiger partial charge in [-0.3, -0.25) is 9.69 Å². The number of amides is 1. The molecule has 1 saturated heterocycles. The van der Waals surface area contributed by atoms with Gasteiger partial charge >= 0.3 is 0 Å². The SMILES string of the molecule is CN(Cc1cn2c(n1)CCCC2)C(=O)[C@H]1COCCN1C1CCCC1. The monoisotopic (exact) mass is 346 g/mol. The van der Waals surface area contributed by atoms with E-state index >= 15 is 0 Å².